The number of hydrogen-bond donors (Lipinski definition) is 1. The van der Waals surface area contributed by atoms with Crippen molar-refractivity contribution in [2.24, 2.45) is 0 Å². The number of hydrogen-bond acceptors (Lipinski definition) is 1. The first-order chi connectivity index (χ1) is 5.16. The second kappa shape index (κ2) is 3.58. The Balaban J connectivity index is 3.25. The molecule has 0 aliphatic heterocycles. The summed E-state index contributed by atoms with van der Waals surface area (Å²) in [5.74, 6) is 0. The quantitative estimate of drug-likeness (QED) is 0.689. The fourth-order valence-electron chi connectivity index (χ4n) is 0.748. The van der Waals surface area contributed by atoms with E-state index in [0.717, 1.165) is 10.8 Å². The summed E-state index contributed by atoms with van der Waals surface area (Å²) >= 11 is 11.6. The Labute approximate surface area is 77.9 Å². The van der Waals surface area contributed by atoms with Gasteiger partial charge in [0.05, 0.1) is 0 Å². The molecule has 11 heavy (non-hydrogen) atoms. The summed E-state index contributed by atoms with van der Waals surface area (Å²) in [6.07, 6.45) is 0. The van der Waals surface area contributed by atoms with Gasteiger partial charge in [0.15, 0.2) is 0 Å². The highest BCUT2D eigenvalue weighted by atomic mass is 35.5. The summed E-state index contributed by atoms with van der Waals surface area (Å²) in [7, 11) is -0.269. The van der Waals surface area contributed by atoms with E-state index >= 15 is 0 Å². The van der Waals surface area contributed by atoms with Crippen molar-refractivity contribution >= 4 is 38.2 Å². The average Bonchev–Trinajstić information content (AvgIpc) is 2.01. The highest BCUT2D eigenvalue weighted by Crippen LogP contribution is 2.20. The molecule has 0 heterocycles. The van der Waals surface area contributed by atoms with E-state index in [1.807, 2.05) is 6.92 Å². The minimum Gasteiger partial charge on any atom is -0.428 e. The zero-order valence-electron chi connectivity index (χ0n) is 5.86. The lowest BCUT2D eigenvalue weighted by atomic mass is 10.2. The number of halogens is 2. The van der Waals surface area contributed by atoms with Crippen LogP contribution in [0.4, 0.5) is 0 Å². The van der Waals surface area contributed by atoms with Crippen molar-refractivity contribution in [2.75, 3.05) is 0 Å². The van der Waals surface area contributed by atoms with Gasteiger partial charge in [-0.25, -0.2) is 0 Å². The standard InChI is InChI=1S/C7H6Cl2OSi/c1-4-5(8)2-3-6(11-10)7(4)9/h2-3,10H,1H3. The van der Waals surface area contributed by atoms with Crippen LogP contribution in [-0.2, 0) is 0 Å². The molecule has 0 amide bonds. The Morgan fingerprint density at radius 2 is 2.00 bits per heavy atom. The largest absolute Gasteiger partial charge is 0.428 e. The molecular weight excluding hydrogens is 199 g/mol. The number of benzene rings is 1. The van der Waals surface area contributed by atoms with E-state index in [0.29, 0.717) is 10.0 Å². The molecule has 1 N–H and O–H groups in total. The van der Waals surface area contributed by atoms with Gasteiger partial charge in [-0.05, 0) is 23.7 Å². The summed E-state index contributed by atoms with van der Waals surface area (Å²) < 4.78 is 0. The molecule has 1 rings (SSSR count). The Morgan fingerprint density at radius 1 is 1.36 bits per heavy atom. The van der Waals surface area contributed by atoms with Crippen molar-refractivity contribution in [2.45, 2.75) is 6.92 Å². The summed E-state index contributed by atoms with van der Waals surface area (Å²) in [5, 5.41) is 1.95. The smallest absolute Gasteiger partial charge is 0.266 e. The molecule has 0 spiro atoms. The van der Waals surface area contributed by atoms with Gasteiger partial charge in [-0.3, -0.25) is 0 Å². The van der Waals surface area contributed by atoms with E-state index in [2.05, 4.69) is 0 Å². The van der Waals surface area contributed by atoms with Gasteiger partial charge in [-0.2, -0.15) is 0 Å². The first kappa shape index (κ1) is 9.07. The predicted molar refractivity (Wildman–Crippen MR) is 48.8 cm³/mol. The van der Waals surface area contributed by atoms with E-state index in [-0.39, 0.29) is 9.76 Å². The van der Waals surface area contributed by atoms with Crippen LogP contribution in [0.1, 0.15) is 5.56 Å². The molecule has 0 fully saturated rings. The molecule has 0 aliphatic carbocycles. The molecule has 4 heteroatoms. The Morgan fingerprint density at radius 3 is 2.55 bits per heavy atom. The lowest BCUT2D eigenvalue weighted by Crippen LogP contribution is -2.15. The van der Waals surface area contributed by atoms with Crippen molar-refractivity contribution < 1.29 is 4.80 Å². The molecule has 58 valence electrons. The van der Waals surface area contributed by atoms with Crippen LogP contribution < -0.4 is 5.19 Å². The van der Waals surface area contributed by atoms with Crippen LogP contribution in [0.15, 0.2) is 12.1 Å². The van der Waals surface area contributed by atoms with Gasteiger partial charge in [-0.1, -0.05) is 29.3 Å². The lowest BCUT2D eigenvalue weighted by molar-refractivity contribution is 0.615. The van der Waals surface area contributed by atoms with Gasteiger partial charge >= 0.3 is 0 Å². The first-order valence-electron chi connectivity index (χ1n) is 3.01. The van der Waals surface area contributed by atoms with Gasteiger partial charge in [0, 0.05) is 10.0 Å². The van der Waals surface area contributed by atoms with Gasteiger partial charge in [0.2, 0.25) is 0 Å². The van der Waals surface area contributed by atoms with Crippen molar-refractivity contribution in [1.82, 2.24) is 0 Å². The molecule has 0 unspecified atom stereocenters. The van der Waals surface area contributed by atoms with Crippen molar-refractivity contribution in [3.63, 3.8) is 0 Å². The minimum atomic E-state index is -0.269. The fourth-order valence-corrected chi connectivity index (χ4v) is 1.69. The zero-order chi connectivity index (χ0) is 8.43. The van der Waals surface area contributed by atoms with Crippen LogP contribution in [0, 0.1) is 6.92 Å². The summed E-state index contributed by atoms with van der Waals surface area (Å²) in [6.45, 7) is 1.83. The third-order valence-corrected chi connectivity index (χ3v) is 3.15. The van der Waals surface area contributed by atoms with Gasteiger partial charge < -0.3 is 4.80 Å². The molecule has 0 bridgehead atoms. The topological polar surface area (TPSA) is 20.2 Å². The monoisotopic (exact) mass is 204 g/mol. The molecule has 1 nitrogen and oxygen atoms in total. The average molecular weight is 205 g/mol. The first-order valence-corrected chi connectivity index (χ1v) is 4.72. The van der Waals surface area contributed by atoms with Crippen molar-refractivity contribution in [1.29, 1.82) is 0 Å². The molecule has 0 atom stereocenters. The minimum absolute atomic E-state index is 0.269. The number of rotatable bonds is 1. The van der Waals surface area contributed by atoms with E-state index in [4.69, 9.17) is 28.0 Å². The Kier molecular flexibility index (Phi) is 2.95. The maximum Gasteiger partial charge on any atom is 0.266 e. The van der Waals surface area contributed by atoms with Crippen LogP contribution in [0.2, 0.25) is 10.0 Å². The molecule has 2 radical (unpaired) electrons. The highest BCUT2D eigenvalue weighted by Gasteiger charge is 2.05. The molecule has 1 aromatic rings. The van der Waals surface area contributed by atoms with E-state index in [9.17, 15) is 0 Å². The predicted octanol–water partition coefficient (Wildman–Crippen LogP) is 1.54. The molecule has 0 aliphatic rings. The maximum absolute atomic E-state index is 8.83. The van der Waals surface area contributed by atoms with Crippen LogP contribution in [0.25, 0.3) is 0 Å². The Bertz CT molecular complexity index is 275. The summed E-state index contributed by atoms with van der Waals surface area (Å²) in [6, 6.07) is 3.47. The van der Waals surface area contributed by atoms with Gasteiger partial charge in [0.1, 0.15) is 0 Å². The van der Waals surface area contributed by atoms with E-state index in [1.165, 1.54) is 0 Å². The van der Waals surface area contributed by atoms with Crippen molar-refractivity contribution in [3.05, 3.63) is 27.7 Å². The molecule has 0 saturated carbocycles. The third-order valence-electron chi connectivity index (χ3n) is 1.44. The second-order valence-electron chi connectivity index (χ2n) is 2.15. The SMILES string of the molecule is Cc1c(Cl)ccc([Si]O)c1Cl. The summed E-state index contributed by atoms with van der Waals surface area (Å²) in [4.78, 5) is 8.83. The fraction of sp³-hybridized carbons (Fsp3) is 0.143. The summed E-state index contributed by atoms with van der Waals surface area (Å²) in [5.41, 5.74) is 0.826. The maximum atomic E-state index is 8.83. The van der Waals surface area contributed by atoms with Crippen LogP contribution in [0.3, 0.4) is 0 Å². The molecule has 1 aromatic carbocycles. The third kappa shape index (κ3) is 1.76. The highest BCUT2D eigenvalue weighted by molar-refractivity contribution is 6.53. The molecule has 0 aromatic heterocycles. The Hall–Kier alpha value is -0.0231. The molecular formula is C7H6Cl2OSi. The zero-order valence-corrected chi connectivity index (χ0v) is 8.37. The van der Waals surface area contributed by atoms with E-state index < -0.39 is 0 Å². The van der Waals surface area contributed by atoms with E-state index in [1.54, 1.807) is 12.1 Å². The molecule has 0 saturated heterocycles. The van der Waals surface area contributed by atoms with Crippen LogP contribution in [0.5, 0.6) is 0 Å². The van der Waals surface area contributed by atoms with Crippen LogP contribution >= 0.6 is 23.2 Å². The van der Waals surface area contributed by atoms with Gasteiger partial charge in [-0.15, -0.1) is 0 Å². The van der Waals surface area contributed by atoms with Crippen molar-refractivity contribution in [3.8, 4) is 0 Å². The lowest BCUT2D eigenvalue weighted by Gasteiger charge is -2.03. The van der Waals surface area contributed by atoms with Crippen LogP contribution in [-0.4, -0.2) is 14.6 Å². The normalized spacial score (nSPS) is 10.2. The van der Waals surface area contributed by atoms with Gasteiger partial charge in [0.25, 0.3) is 9.76 Å². The second-order valence-corrected chi connectivity index (χ2v) is 3.69.